The van der Waals surface area contributed by atoms with Crippen molar-refractivity contribution in [3.63, 3.8) is 0 Å². The van der Waals surface area contributed by atoms with Gasteiger partial charge >= 0.3 is 5.97 Å². The normalized spacial score (nSPS) is 15.8. The third-order valence-electron chi connectivity index (χ3n) is 4.75. The summed E-state index contributed by atoms with van der Waals surface area (Å²) in [5.74, 6) is 0.601. The Hall–Kier alpha value is -2.57. The van der Waals surface area contributed by atoms with Gasteiger partial charge in [-0.3, -0.25) is 14.6 Å². The predicted octanol–water partition coefficient (Wildman–Crippen LogP) is 2.57. The number of likely N-dealkylation sites (tertiary alicyclic amines) is 1. The van der Waals surface area contributed by atoms with E-state index in [9.17, 15) is 9.59 Å². The molecule has 0 atom stereocenters. The Morgan fingerprint density at radius 2 is 1.93 bits per heavy atom. The summed E-state index contributed by atoms with van der Waals surface area (Å²) in [6.45, 7) is 10.2. The first-order valence-corrected chi connectivity index (χ1v) is 10.3. The minimum Gasteiger partial charge on any atom is -0.466 e. The van der Waals surface area contributed by atoms with Crippen LogP contribution in [0.5, 0.6) is 0 Å². The molecule has 0 unspecified atom stereocenters. The zero-order valence-corrected chi connectivity index (χ0v) is 18.2. The molecule has 2 rings (SSSR count). The SMILES string of the molecule is CCOC(=O)C1CCN(C(=NC)NCc2cccc(C(=O)NC(C)(C)C)c2)CC1. The molecular weight excluding hydrogens is 368 g/mol. The second-order valence-electron chi connectivity index (χ2n) is 8.32. The van der Waals surface area contributed by atoms with Crippen LogP contribution < -0.4 is 10.6 Å². The maximum atomic E-state index is 12.4. The van der Waals surface area contributed by atoms with E-state index in [1.807, 2.05) is 52.0 Å². The second-order valence-corrected chi connectivity index (χ2v) is 8.32. The Labute approximate surface area is 173 Å². The standard InChI is InChI=1S/C22H34N4O3/c1-6-29-20(28)17-10-12-26(13-11-17)21(23-5)24-15-16-8-7-9-18(14-16)19(27)25-22(2,3)4/h7-9,14,17H,6,10-13,15H2,1-5H3,(H,23,24)(H,25,27). The number of nitrogens with one attached hydrogen (secondary N) is 2. The summed E-state index contributed by atoms with van der Waals surface area (Å²) in [5, 5.41) is 6.35. The zero-order chi connectivity index (χ0) is 21.4. The van der Waals surface area contributed by atoms with E-state index in [4.69, 9.17) is 4.74 Å². The molecule has 0 spiro atoms. The molecule has 1 fully saturated rings. The number of hydrogen-bond donors (Lipinski definition) is 2. The van der Waals surface area contributed by atoms with E-state index in [1.165, 1.54) is 0 Å². The van der Waals surface area contributed by atoms with Crippen molar-refractivity contribution in [3.8, 4) is 0 Å². The number of carbonyl (C=O) groups is 2. The van der Waals surface area contributed by atoms with Crippen LogP contribution in [0.25, 0.3) is 0 Å². The molecule has 1 aromatic carbocycles. The highest BCUT2D eigenvalue weighted by molar-refractivity contribution is 5.94. The van der Waals surface area contributed by atoms with Gasteiger partial charge in [-0.15, -0.1) is 0 Å². The largest absolute Gasteiger partial charge is 0.466 e. The lowest BCUT2D eigenvalue weighted by Crippen LogP contribution is -2.46. The van der Waals surface area contributed by atoms with Gasteiger partial charge in [-0.25, -0.2) is 0 Å². The fourth-order valence-electron chi connectivity index (χ4n) is 3.34. The molecule has 1 aliphatic rings. The van der Waals surface area contributed by atoms with E-state index in [1.54, 1.807) is 7.05 Å². The van der Waals surface area contributed by atoms with E-state index < -0.39 is 0 Å². The van der Waals surface area contributed by atoms with Gasteiger partial charge in [0.2, 0.25) is 0 Å². The summed E-state index contributed by atoms with van der Waals surface area (Å²) in [5.41, 5.74) is 1.38. The van der Waals surface area contributed by atoms with E-state index in [0.717, 1.165) is 37.5 Å². The van der Waals surface area contributed by atoms with Crippen molar-refractivity contribution in [1.82, 2.24) is 15.5 Å². The monoisotopic (exact) mass is 402 g/mol. The molecule has 1 aromatic rings. The van der Waals surface area contributed by atoms with Crippen LogP contribution in [0.15, 0.2) is 29.3 Å². The number of hydrogen-bond acceptors (Lipinski definition) is 4. The van der Waals surface area contributed by atoms with Crippen molar-refractivity contribution < 1.29 is 14.3 Å². The molecule has 0 radical (unpaired) electrons. The first-order valence-electron chi connectivity index (χ1n) is 10.3. The third kappa shape index (κ3) is 7.07. The molecule has 1 amide bonds. The van der Waals surface area contributed by atoms with Crippen LogP contribution in [-0.2, 0) is 16.1 Å². The van der Waals surface area contributed by atoms with Crippen LogP contribution in [0.3, 0.4) is 0 Å². The minimum atomic E-state index is -0.275. The predicted molar refractivity (Wildman–Crippen MR) is 115 cm³/mol. The quantitative estimate of drug-likeness (QED) is 0.449. The lowest BCUT2D eigenvalue weighted by molar-refractivity contribution is -0.149. The second kappa shape index (κ2) is 10.3. The number of aliphatic imine (C=N–C) groups is 1. The average Bonchev–Trinajstić information content (AvgIpc) is 2.68. The Bertz CT molecular complexity index is 732. The number of guanidine groups is 1. The Morgan fingerprint density at radius 3 is 2.52 bits per heavy atom. The number of carbonyl (C=O) groups excluding carboxylic acids is 2. The van der Waals surface area contributed by atoms with E-state index in [-0.39, 0.29) is 23.3 Å². The zero-order valence-electron chi connectivity index (χ0n) is 18.2. The maximum absolute atomic E-state index is 12.4. The molecule has 0 bridgehead atoms. The van der Waals surface area contributed by atoms with Crippen molar-refractivity contribution in [3.05, 3.63) is 35.4 Å². The molecule has 7 heteroatoms. The highest BCUT2D eigenvalue weighted by Crippen LogP contribution is 2.19. The molecule has 29 heavy (non-hydrogen) atoms. The highest BCUT2D eigenvalue weighted by Gasteiger charge is 2.27. The van der Waals surface area contributed by atoms with Crippen molar-refractivity contribution in [2.75, 3.05) is 26.7 Å². The van der Waals surface area contributed by atoms with Gasteiger partial charge in [0.25, 0.3) is 5.91 Å². The van der Waals surface area contributed by atoms with Gasteiger partial charge in [0.1, 0.15) is 0 Å². The first-order chi connectivity index (χ1) is 13.7. The Kier molecular flexibility index (Phi) is 8.05. The molecule has 1 saturated heterocycles. The summed E-state index contributed by atoms with van der Waals surface area (Å²) >= 11 is 0. The van der Waals surface area contributed by atoms with Crippen molar-refractivity contribution in [1.29, 1.82) is 0 Å². The Balaban J connectivity index is 1.91. The number of nitrogens with zero attached hydrogens (tertiary/aromatic N) is 2. The molecule has 1 aliphatic heterocycles. The van der Waals surface area contributed by atoms with Crippen molar-refractivity contribution >= 4 is 17.8 Å². The molecule has 0 aromatic heterocycles. The molecule has 1 heterocycles. The topological polar surface area (TPSA) is 83.0 Å². The van der Waals surface area contributed by atoms with Gasteiger partial charge in [-0.1, -0.05) is 12.1 Å². The van der Waals surface area contributed by atoms with Crippen LogP contribution in [0.1, 0.15) is 56.5 Å². The lowest BCUT2D eigenvalue weighted by atomic mass is 9.97. The van der Waals surface area contributed by atoms with Crippen LogP contribution in [-0.4, -0.2) is 55.0 Å². The maximum Gasteiger partial charge on any atom is 0.309 e. The first kappa shape index (κ1) is 22.7. The summed E-state index contributed by atoms with van der Waals surface area (Å²) < 4.78 is 5.13. The van der Waals surface area contributed by atoms with Gasteiger partial charge in [-0.2, -0.15) is 0 Å². The number of benzene rings is 1. The number of esters is 1. The van der Waals surface area contributed by atoms with Crippen molar-refractivity contribution in [2.24, 2.45) is 10.9 Å². The molecule has 2 N–H and O–H groups in total. The van der Waals surface area contributed by atoms with E-state index >= 15 is 0 Å². The molecule has 0 aliphatic carbocycles. The number of piperidine rings is 1. The average molecular weight is 403 g/mol. The van der Waals surface area contributed by atoms with Gasteiger partial charge < -0.3 is 20.3 Å². The van der Waals surface area contributed by atoms with Crippen LogP contribution in [0.2, 0.25) is 0 Å². The summed E-state index contributed by atoms with van der Waals surface area (Å²) in [7, 11) is 1.76. The minimum absolute atomic E-state index is 0.0256. The molecule has 7 nitrogen and oxygen atoms in total. The molecule has 160 valence electrons. The van der Waals surface area contributed by atoms with Gasteiger partial charge in [-0.05, 0) is 58.2 Å². The summed E-state index contributed by atoms with van der Waals surface area (Å²) in [6.07, 6.45) is 1.53. The smallest absolute Gasteiger partial charge is 0.309 e. The third-order valence-corrected chi connectivity index (χ3v) is 4.75. The number of ether oxygens (including phenoxy) is 1. The van der Waals surface area contributed by atoms with E-state index in [2.05, 4.69) is 20.5 Å². The number of rotatable bonds is 5. The summed E-state index contributed by atoms with van der Waals surface area (Å²) in [4.78, 5) is 30.8. The highest BCUT2D eigenvalue weighted by atomic mass is 16.5. The van der Waals surface area contributed by atoms with Gasteiger partial charge in [0, 0.05) is 37.8 Å². The van der Waals surface area contributed by atoms with Crippen LogP contribution >= 0.6 is 0 Å². The summed E-state index contributed by atoms with van der Waals surface area (Å²) in [6, 6.07) is 7.59. The number of amides is 1. The molecule has 0 saturated carbocycles. The van der Waals surface area contributed by atoms with Crippen molar-refractivity contribution in [2.45, 2.75) is 52.6 Å². The fraction of sp³-hybridized carbons (Fsp3) is 0.591. The van der Waals surface area contributed by atoms with Gasteiger partial charge in [0.05, 0.1) is 12.5 Å². The van der Waals surface area contributed by atoms with Gasteiger partial charge in [0.15, 0.2) is 5.96 Å². The van der Waals surface area contributed by atoms with Crippen LogP contribution in [0.4, 0.5) is 0 Å². The lowest BCUT2D eigenvalue weighted by Gasteiger charge is -2.33. The van der Waals surface area contributed by atoms with E-state index in [0.29, 0.717) is 18.7 Å². The van der Waals surface area contributed by atoms with Crippen LogP contribution in [0, 0.1) is 5.92 Å². The Morgan fingerprint density at radius 1 is 1.24 bits per heavy atom. The molecular formula is C22H34N4O3. The fourth-order valence-corrected chi connectivity index (χ4v) is 3.34.